The van der Waals surface area contributed by atoms with Crippen molar-refractivity contribution in [2.24, 2.45) is 0 Å². The largest absolute Gasteiger partial charge is 0.229 e. The Morgan fingerprint density at radius 3 is 3.00 bits per heavy atom. The Hall–Kier alpha value is -0.700. The first-order valence-corrected chi connectivity index (χ1v) is 8.69. The lowest BCUT2D eigenvalue weighted by Crippen LogP contribution is -1.82. The van der Waals surface area contributed by atoms with E-state index in [0.29, 0.717) is 0 Å². The molecule has 0 saturated heterocycles. The summed E-state index contributed by atoms with van der Waals surface area (Å²) >= 11 is 6.50. The Labute approximate surface area is 120 Å². The van der Waals surface area contributed by atoms with Gasteiger partial charge in [-0.05, 0) is 29.0 Å². The Kier molecular flexibility index (Phi) is 3.78. The van der Waals surface area contributed by atoms with Crippen LogP contribution in [0.1, 0.15) is 6.92 Å². The molecule has 3 heterocycles. The molecule has 0 radical (unpaired) electrons. The number of fused-ring (bicyclic) bond motifs is 1. The zero-order chi connectivity index (χ0) is 12.4. The van der Waals surface area contributed by atoms with Crippen molar-refractivity contribution < 1.29 is 0 Å². The third kappa shape index (κ3) is 2.51. The third-order valence-electron chi connectivity index (χ3n) is 2.06. The van der Waals surface area contributed by atoms with Crippen LogP contribution in [0.4, 0.5) is 0 Å². The van der Waals surface area contributed by atoms with Crippen LogP contribution in [0.25, 0.3) is 10.2 Å². The summed E-state index contributed by atoms with van der Waals surface area (Å²) in [5.41, 5.74) is 0. The molecule has 0 bridgehead atoms. The van der Waals surface area contributed by atoms with Gasteiger partial charge in [0.15, 0.2) is 8.68 Å². The van der Waals surface area contributed by atoms with E-state index in [1.165, 1.54) is 0 Å². The van der Waals surface area contributed by atoms with Gasteiger partial charge < -0.3 is 0 Å². The van der Waals surface area contributed by atoms with Crippen LogP contribution in [0.2, 0.25) is 0 Å². The van der Waals surface area contributed by atoms with Gasteiger partial charge in [0, 0.05) is 5.39 Å². The number of hydrogen-bond donors (Lipinski definition) is 0. The second-order valence-electron chi connectivity index (χ2n) is 3.19. The molecular weight excluding hydrogens is 304 g/mol. The zero-order valence-corrected chi connectivity index (χ0v) is 12.6. The Morgan fingerprint density at radius 2 is 2.11 bits per heavy atom. The fourth-order valence-corrected chi connectivity index (χ4v) is 5.05. The molecule has 8 heteroatoms. The minimum Gasteiger partial charge on any atom is -0.229 e. The molecule has 0 aliphatic heterocycles. The van der Waals surface area contributed by atoms with Crippen LogP contribution in [0.3, 0.4) is 0 Å². The SMILES string of the molecule is CCSc1nnc(Sc2ncnc3sccc23)s1. The van der Waals surface area contributed by atoms with Gasteiger partial charge in [0.25, 0.3) is 0 Å². The lowest BCUT2D eigenvalue weighted by Gasteiger charge is -1.96. The van der Waals surface area contributed by atoms with Crippen molar-refractivity contribution in [3.05, 3.63) is 17.8 Å². The second-order valence-corrected chi connectivity index (χ2v) is 7.81. The summed E-state index contributed by atoms with van der Waals surface area (Å²) in [7, 11) is 0. The summed E-state index contributed by atoms with van der Waals surface area (Å²) in [6.45, 7) is 2.11. The molecule has 0 amide bonds. The summed E-state index contributed by atoms with van der Waals surface area (Å²) in [5.74, 6) is 1.02. The first-order valence-electron chi connectivity index (χ1n) is 5.19. The van der Waals surface area contributed by atoms with Crippen LogP contribution in [-0.4, -0.2) is 25.9 Å². The number of rotatable bonds is 4. The van der Waals surface area contributed by atoms with E-state index in [2.05, 4.69) is 27.1 Å². The zero-order valence-electron chi connectivity index (χ0n) is 9.36. The molecule has 18 heavy (non-hydrogen) atoms. The van der Waals surface area contributed by atoms with Crippen molar-refractivity contribution in [1.82, 2.24) is 20.2 Å². The molecule has 0 spiro atoms. The highest BCUT2D eigenvalue weighted by Crippen LogP contribution is 2.36. The number of thiophene rings is 1. The van der Waals surface area contributed by atoms with Crippen molar-refractivity contribution in [2.75, 3.05) is 5.75 Å². The quantitative estimate of drug-likeness (QED) is 0.539. The predicted octanol–water partition coefficient (Wildman–Crippen LogP) is 3.81. The van der Waals surface area contributed by atoms with Gasteiger partial charge in [0.05, 0.1) is 0 Å². The van der Waals surface area contributed by atoms with Gasteiger partial charge in [-0.3, -0.25) is 0 Å². The molecule has 0 atom stereocenters. The number of hydrogen-bond acceptors (Lipinski definition) is 8. The fourth-order valence-electron chi connectivity index (χ4n) is 1.35. The monoisotopic (exact) mass is 312 g/mol. The van der Waals surface area contributed by atoms with Gasteiger partial charge >= 0.3 is 0 Å². The van der Waals surface area contributed by atoms with Crippen molar-refractivity contribution in [1.29, 1.82) is 0 Å². The van der Waals surface area contributed by atoms with Gasteiger partial charge in [0.1, 0.15) is 16.2 Å². The highest BCUT2D eigenvalue weighted by Gasteiger charge is 2.10. The minimum atomic E-state index is 0.928. The highest BCUT2D eigenvalue weighted by molar-refractivity contribution is 8.03. The normalized spacial score (nSPS) is 11.2. The lowest BCUT2D eigenvalue weighted by atomic mass is 10.4. The Bertz CT molecular complexity index is 663. The lowest BCUT2D eigenvalue weighted by molar-refractivity contribution is 0.953. The molecule has 0 aliphatic carbocycles. The second kappa shape index (κ2) is 5.52. The van der Waals surface area contributed by atoms with Crippen LogP contribution in [0.15, 0.2) is 31.5 Å². The number of thioether (sulfide) groups is 1. The smallest absolute Gasteiger partial charge is 0.181 e. The maximum absolute atomic E-state index is 4.32. The summed E-state index contributed by atoms with van der Waals surface area (Å²) < 4.78 is 1.94. The van der Waals surface area contributed by atoms with E-state index in [9.17, 15) is 0 Å². The van der Waals surface area contributed by atoms with E-state index in [1.807, 2.05) is 11.4 Å². The molecule has 3 rings (SSSR count). The summed E-state index contributed by atoms with van der Waals surface area (Å²) in [6, 6.07) is 2.05. The van der Waals surface area contributed by atoms with E-state index in [-0.39, 0.29) is 0 Å². The van der Waals surface area contributed by atoms with Crippen LogP contribution < -0.4 is 0 Å². The van der Waals surface area contributed by atoms with Gasteiger partial charge in [-0.2, -0.15) is 0 Å². The van der Waals surface area contributed by atoms with Crippen LogP contribution in [0.5, 0.6) is 0 Å². The third-order valence-corrected chi connectivity index (χ3v) is 5.89. The molecule has 0 N–H and O–H groups in total. The first-order chi connectivity index (χ1) is 8.86. The molecule has 0 saturated carbocycles. The van der Waals surface area contributed by atoms with Crippen molar-refractivity contribution >= 4 is 56.4 Å². The molecule has 0 fully saturated rings. The van der Waals surface area contributed by atoms with Crippen molar-refractivity contribution in [2.45, 2.75) is 20.6 Å². The summed E-state index contributed by atoms with van der Waals surface area (Å²) in [5, 5.41) is 12.4. The fraction of sp³-hybridized carbons (Fsp3) is 0.200. The molecule has 92 valence electrons. The maximum Gasteiger partial charge on any atom is 0.181 e. The van der Waals surface area contributed by atoms with Crippen molar-refractivity contribution in [3.8, 4) is 0 Å². The van der Waals surface area contributed by atoms with E-state index < -0.39 is 0 Å². The minimum absolute atomic E-state index is 0.928. The van der Waals surface area contributed by atoms with E-state index in [0.717, 1.165) is 29.7 Å². The summed E-state index contributed by atoms with van der Waals surface area (Å²) in [4.78, 5) is 9.57. The standard InChI is InChI=1S/C10H8N4S4/c1-2-15-9-13-14-10(18-9)17-8-6-3-4-16-7(6)11-5-12-8/h3-5H,2H2,1H3. The van der Waals surface area contributed by atoms with E-state index in [1.54, 1.807) is 52.5 Å². The van der Waals surface area contributed by atoms with Gasteiger partial charge in [-0.15, -0.1) is 21.5 Å². The molecule has 3 aromatic rings. The van der Waals surface area contributed by atoms with Crippen molar-refractivity contribution in [3.63, 3.8) is 0 Å². The van der Waals surface area contributed by atoms with Gasteiger partial charge in [-0.25, -0.2) is 9.97 Å². The topological polar surface area (TPSA) is 51.6 Å². The molecule has 0 aromatic carbocycles. The van der Waals surface area contributed by atoms with E-state index >= 15 is 0 Å². The molecule has 0 unspecified atom stereocenters. The van der Waals surface area contributed by atoms with Crippen LogP contribution in [0, 0.1) is 0 Å². The van der Waals surface area contributed by atoms with Gasteiger partial charge in [0.2, 0.25) is 0 Å². The molecule has 3 aromatic heterocycles. The maximum atomic E-state index is 4.32. The predicted molar refractivity (Wildman–Crippen MR) is 77.8 cm³/mol. The molecule has 0 aliphatic rings. The number of nitrogens with zero attached hydrogens (tertiary/aromatic N) is 4. The van der Waals surface area contributed by atoms with Crippen LogP contribution >= 0.6 is 46.2 Å². The van der Waals surface area contributed by atoms with Gasteiger partial charge in [-0.1, -0.05) is 30.0 Å². The summed E-state index contributed by atoms with van der Waals surface area (Å²) in [6.07, 6.45) is 1.60. The molecule has 4 nitrogen and oxygen atoms in total. The highest BCUT2D eigenvalue weighted by atomic mass is 32.2. The Morgan fingerprint density at radius 1 is 1.22 bits per heavy atom. The Balaban J connectivity index is 1.88. The van der Waals surface area contributed by atoms with Crippen LogP contribution in [-0.2, 0) is 0 Å². The molecular formula is C10H8N4S4. The average Bonchev–Trinajstić information content (AvgIpc) is 2.99. The first kappa shape index (κ1) is 12.3. The van der Waals surface area contributed by atoms with E-state index in [4.69, 9.17) is 0 Å². The average molecular weight is 312 g/mol. The number of aromatic nitrogens is 4.